The van der Waals surface area contributed by atoms with Gasteiger partial charge in [-0.15, -0.1) is 5.10 Å². The van der Waals surface area contributed by atoms with E-state index in [1.165, 1.54) is 17.7 Å². The maximum atomic E-state index is 14.3. The van der Waals surface area contributed by atoms with Crippen LogP contribution in [-0.2, 0) is 4.74 Å². The number of carbonyl (C=O) groups excluding carboxylic acids is 2. The number of halogens is 2. The van der Waals surface area contributed by atoms with E-state index in [4.69, 9.17) is 22.1 Å². The van der Waals surface area contributed by atoms with Gasteiger partial charge in [0.15, 0.2) is 11.5 Å². The maximum Gasteiger partial charge on any atom is 0.273 e. The second kappa shape index (κ2) is 13.9. The molecule has 3 heterocycles. The Morgan fingerprint density at radius 3 is 2.68 bits per heavy atom. The number of piperazine rings is 1. The zero-order chi connectivity index (χ0) is 31.4. The van der Waals surface area contributed by atoms with Crippen LogP contribution in [0.4, 0.5) is 21.5 Å². The molecule has 0 radical (unpaired) electrons. The van der Waals surface area contributed by atoms with Gasteiger partial charge in [-0.05, 0) is 58.1 Å². The van der Waals surface area contributed by atoms with Gasteiger partial charge in [-0.2, -0.15) is 0 Å². The Kier molecular flexibility index (Phi) is 9.99. The Balaban J connectivity index is 1.34. The van der Waals surface area contributed by atoms with Crippen LogP contribution in [0.3, 0.4) is 0 Å². The molecular weight excluding hydrogens is 589 g/mol. The molecule has 2 aliphatic heterocycles. The summed E-state index contributed by atoms with van der Waals surface area (Å²) in [7, 11) is 2.08. The number of hydrogen-bond donors (Lipinski definition) is 3. The summed E-state index contributed by atoms with van der Waals surface area (Å²) in [5.74, 6) is -1.49. The van der Waals surface area contributed by atoms with Gasteiger partial charge in [0, 0.05) is 50.9 Å². The molecule has 4 N–H and O–H groups in total. The lowest BCUT2D eigenvalue weighted by Crippen LogP contribution is -2.50. The molecule has 0 saturated carbocycles. The summed E-state index contributed by atoms with van der Waals surface area (Å²) in [5, 5.41) is 14.1. The van der Waals surface area contributed by atoms with Crippen molar-refractivity contribution in [3.63, 3.8) is 0 Å². The van der Waals surface area contributed by atoms with Crippen molar-refractivity contribution in [2.45, 2.75) is 26.3 Å². The van der Waals surface area contributed by atoms with Crippen LogP contribution in [0.25, 0.3) is 5.69 Å². The van der Waals surface area contributed by atoms with Crippen LogP contribution in [0.5, 0.6) is 0 Å². The van der Waals surface area contributed by atoms with Crippen LogP contribution in [0, 0.1) is 12.7 Å². The summed E-state index contributed by atoms with van der Waals surface area (Å²) in [4.78, 5) is 33.0. The van der Waals surface area contributed by atoms with Gasteiger partial charge >= 0.3 is 0 Å². The summed E-state index contributed by atoms with van der Waals surface area (Å²) in [6.45, 7) is 10.7. The molecule has 12 nitrogen and oxygen atoms in total. The van der Waals surface area contributed by atoms with Crippen molar-refractivity contribution in [2.75, 3.05) is 82.0 Å². The van der Waals surface area contributed by atoms with Crippen LogP contribution in [0.2, 0.25) is 5.02 Å². The molecule has 236 valence electrons. The topological polar surface area (TPSA) is 134 Å². The van der Waals surface area contributed by atoms with Gasteiger partial charge in [-0.1, -0.05) is 16.8 Å². The van der Waals surface area contributed by atoms with Crippen molar-refractivity contribution in [1.82, 2.24) is 30.1 Å². The third-order valence-electron chi connectivity index (χ3n) is 8.25. The van der Waals surface area contributed by atoms with Gasteiger partial charge in [-0.3, -0.25) is 14.5 Å². The Hall–Kier alpha value is -3.78. The molecule has 0 bridgehead atoms. The third-order valence-corrected chi connectivity index (χ3v) is 8.74. The highest BCUT2D eigenvalue weighted by atomic mass is 35.5. The third kappa shape index (κ3) is 7.12. The molecule has 2 aliphatic rings. The van der Waals surface area contributed by atoms with Crippen molar-refractivity contribution in [3.05, 3.63) is 58.1 Å². The summed E-state index contributed by atoms with van der Waals surface area (Å²) in [5.41, 5.74) is 7.91. The number of nitrogens with zero attached hydrogens (tertiary/aromatic N) is 6. The summed E-state index contributed by atoms with van der Waals surface area (Å²) < 4.78 is 21.2. The average Bonchev–Trinajstić information content (AvgIpc) is 3.52. The highest BCUT2D eigenvalue weighted by molar-refractivity contribution is 6.35. The first kappa shape index (κ1) is 31.6. The maximum absolute atomic E-state index is 14.3. The number of anilines is 3. The van der Waals surface area contributed by atoms with Gasteiger partial charge in [-0.25, -0.2) is 9.07 Å². The number of hydrogen-bond acceptors (Lipinski definition) is 9. The Morgan fingerprint density at radius 1 is 1.16 bits per heavy atom. The van der Waals surface area contributed by atoms with Crippen LogP contribution >= 0.6 is 11.6 Å². The van der Waals surface area contributed by atoms with Crippen LogP contribution in [-0.4, -0.2) is 109 Å². The number of nitrogen functional groups attached to an aromatic ring is 1. The number of nitrogens with one attached hydrogen (secondary N) is 2. The monoisotopic (exact) mass is 627 g/mol. The number of rotatable bonds is 9. The SMILES string of the molecule is Cc1c(F)c(N)cc(C(=O)Nc2cc(-n3cc(C(=O)NCCCN4CCOCC4)nn3)ccc2N2CCN(C)[C@@H](C)C2)c1Cl. The summed E-state index contributed by atoms with van der Waals surface area (Å²) in [6.07, 6.45) is 2.37. The quantitative estimate of drug-likeness (QED) is 0.242. The van der Waals surface area contributed by atoms with Crippen LogP contribution in [0.15, 0.2) is 30.5 Å². The molecule has 0 spiro atoms. The molecule has 44 heavy (non-hydrogen) atoms. The lowest BCUT2D eigenvalue weighted by atomic mass is 10.1. The van der Waals surface area contributed by atoms with Crippen molar-refractivity contribution >= 4 is 40.5 Å². The van der Waals surface area contributed by atoms with E-state index < -0.39 is 11.7 Å². The first-order valence-electron chi connectivity index (χ1n) is 14.8. The minimum absolute atomic E-state index is 0.00278. The second-order valence-corrected chi connectivity index (χ2v) is 11.7. The molecule has 3 aromatic rings. The smallest absolute Gasteiger partial charge is 0.273 e. The Labute approximate surface area is 261 Å². The van der Waals surface area contributed by atoms with Gasteiger partial charge in [0.25, 0.3) is 11.8 Å². The number of amides is 2. The number of carbonyl (C=O) groups is 2. The van der Waals surface area contributed by atoms with Crippen molar-refractivity contribution in [1.29, 1.82) is 0 Å². The zero-order valence-corrected chi connectivity index (χ0v) is 26.0. The molecule has 0 unspecified atom stereocenters. The van der Waals surface area contributed by atoms with Crippen LogP contribution in [0.1, 0.15) is 39.8 Å². The lowest BCUT2D eigenvalue weighted by Gasteiger charge is -2.39. The lowest BCUT2D eigenvalue weighted by molar-refractivity contribution is 0.0374. The predicted octanol–water partition coefficient (Wildman–Crippen LogP) is 2.80. The Morgan fingerprint density at radius 2 is 1.93 bits per heavy atom. The van der Waals surface area contributed by atoms with Crippen molar-refractivity contribution in [3.8, 4) is 5.69 Å². The van der Waals surface area contributed by atoms with E-state index in [1.54, 1.807) is 12.3 Å². The summed E-state index contributed by atoms with van der Waals surface area (Å²) >= 11 is 6.36. The first-order valence-corrected chi connectivity index (χ1v) is 15.2. The number of morpholine rings is 1. The van der Waals surface area contributed by atoms with Crippen LogP contribution < -0.4 is 21.3 Å². The molecule has 0 aliphatic carbocycles. The highest BCUT2D eigenvalue weighted by Crippen LogP contribution is 2.33. The number of aromatic nitrogens is 3. The van der Waals surface area contributed by atoms with E-state index in [1.807, 2.05) is 12.1 Å². The fraction of sp³-hybridized carbons (Fsp3) is 0.467. The van der Waals surface area contributed by atoms with E-state index >= 15 is 0 Å². The van der Waals surface area contributed by atoms with E-state index in [9.17, 15) is 14.0 Å². The highest BCUT2D eigenvalue weighted by Gasteiger charge is 2.25. The minimum Gasteiger partial charge on any atom is -0.396 e. The molecule has 2 fully saturated rings. The fourth-order valence-electron chi connectivity index (χ4n) is 5.38. The number of nitrogens with two attached hydrogens (primary N) is 1. The van der Waals surface area contributed by atoms with E-state index in [0.717, 1.165) is 64.6 Å². The van der Waals surface area contributed by atoms with Crippen molar-refractivity contribution in [2.24, 2.45) is 0 Å². The number of benzene rings is 2. The Bertz CT molecular complexity index is 1510. The zero-order valence-electron chi connectivity index (χ0n) is 25.3. The van der Waals surface area contributed by atoms with E-state index in [-0.39, 0.29) is 33.4 Å². The number of likely N-dealkylation sites (N-methyl/N-ethyl adjacent to an activating group) is 1. The normalized spacial score (nSPS) is 17.9. The molecule has 1 atom stereocenters. The predicted molar refractivity (Wildman–Crippen MR) is 168 cm³/mol. The largest absolute Gasteiger partial charge is 0.396 e. The molecule has 1 aromatic heterocycles. The first-order chi connectivity index (χ1) is 21.1. The van der Waals surface area contributed by atoms with Gasteiger partial charge in [0.1, 0.15) is 0 Å². The standard InChI is InChI=1S/C30H39ClFN9O3/c1-19-17-40(10-9-38(19)3)26-6-5-21(15-24(26)35-29(42)22-16-23(33)28(32)20(2)27(22)31)41-18-25(36-37-41)30(43)34-7-4-8-39-11-13-44-14-12-39/h5-6,15-16,18-19H,4,7-14,17,33H2,1-3H3,(H,34,43)(H,35,42)/t19-/m0/s1. The fourth-order valence-corrected chi connectivity index (χ4v) is 5.60. The van der Waals surface area contributed by atoms with Gasteiger partial charge in [0.2, 0.25) is 0 Å². The van der Waals surface area contributed by atoms with Crippen molar-refractivity contribution < 1.29 is 18.7 Å². The van der Waals surface area contributed by atoms with Gasteiger partial charge in [0.05, 0.1) is 52.7 Å². The van der Waals surface area contributed by atoms with Gasteiger partial charge < -0.3 is 30.9 Å². The molecular formula is C30H39ClFN9O3. The van der Waals surface area contributed by atoms with E-state index in [0.29, 0.717) is 24.0 Å². The number of ether oxygens (including phenoxy) is 1. The molecule has 2 saturated heterocycles. The van der Waals surface area contributed by atoms with E-state index in [2.05, 4.69) is 49.6 Å². The molecule has 2 amide bonds. The minimum atomic E-state index is -0.649. The second-order valence-electron chi connectivity index (χ2n) is 11.3. The summed E-state index contributed by atoms with van der Waals surface area (Å²) in [6, 6.07) is 7.07. The molecule has 5 rings (SSSR count). The molecule has 2 aromatic carbocycles. The average molecular weight is 628 g/mol. The molecule has 14 heteroatoms.